The van der Waals surface area contributed by atoms with Crippen LogP contribution in [0.4, 0.5) is 0 Å². The lowest BCUT2D eigenvalue weighted by Gasteiger charge is -2.34. The molecule has 0 aromatic rings. The van der Waals surface area contributed by atoms with Crippen LogP contribution in [0, 0.1) is 0 Å². The molecule has 0 atom stereocenters. The highest BCUT2D eigenvalue weighted by atomic mass is 127. The van der Waals surface area contributed by atoms with Crippen molar-refractivity contribution in [2.75, 3.05) is 32.8 Å². The highest BCUT2D eigenvalue weighted by molar-refractivity contribution is 14.0. The number of hydrogen-bond donors (Lipinski definition) is 1. The summed E-state index contributed by atoms with van der Waals surface area (Å²) in [5, 5.41) is 3.41. The van der Waals surface area contributed by atoms with Crippen molar-refractivity contribution in [1.82, 2.24) is 10.2 Å². The van der Waals surface area contributed by atoms with Crippen LogP contribution < -0.4 is 5.32 Å². The topological polar surface area (TPSA) is 36.9 Å². The van der Waals surface area contributed by atoms with Gasteiger partial charge < -0.3 is 15.0 Å². The lowest BCUT2D eigenvalue weighted by atomic mass is 10.1. The molecular weight excluding hydrogens is 365 g/mol. The molecular formula is C15H32IN3O. The molecule has 0 unspecified atom stereocenters. The molecule has 0 saturated carbocycles. The van der Waals surface area contributed by atoms with Gasteiger partial charge in [-0.1, -0.05) is 19.8 Å². The van der Waals surface area contributed by atoms with Crippen LogP contribution in [0.5, 0.6) is 0 Å². The molecule has 0 radical (unpaired) electrons. The Kier molecular flexibility index (Phi) is 12.7. The maximum atomic E-state index is 5.70. The van der Waals surface area contributed by atoms with E-state index in [1.54, 1.807) is 0 Å². The lowest BCUT2D eigenvalue weighted by molar-refractivity contribution is 0.0264. The van der Waals surface area contributed by atoms with Crippen molar-refractivity contribution in [2.45, 2.75) is 59.0 Å². The van der Waals surface area contributed by atoms with E-state index in [0.717, 1.165) is 51.6 Å². The van der Waals surface area contributed by atoms with Gasteiger partial charge in [0.05, 0.1) is 6.10 Å². The predicted octanol–water partition coefficient (Wildman–Crippen LogP) is 3.26. The van der Waals surface area contributed by atoms with E-state index < -0.39 is 0 Å². The van der Waals surface area contributed by atoms with Crippen molar-refractivity contribution in [3.8, 4) is 0 Å². The molecule has 4 nitrogen and oxygen atoms in total. The van der Waals surface area contributed by atoms with Gasteiger partial charge >= 0.3 is 0 Å². The number of guanidine groups is 1. The largest absolute Gasteiger partial charge is 0.378 e. The number of halogens is 1. The normalized spacial score (nSPS) is 16.9. The first kappa shape index (κ1) is 20.0. The van der Waals surface area contributed by atoms with Crippen molar-refractivity contribution in [1.29, 1.82) is 0 Å². The Morgan fingerprint density at radius 3 is 2.45 bits per heavy atom. The van der Waals surface area contributed by atoms with E-state index in [1.807, 2.05) is 0 Å². The molecule has 0 bridgehead atoms. The average Bonchev–Trinajstić information content (AvgIpc) is 2.44. The third kappa shape index (κ3) is 7.67. The number of hydrogen-bond acceptors (Lipinski definition) is 2. The monoisotopic (exact) mass is 397 g/mol. The molecule has 1 fully saturated rings. The number of rotatable bonds is 7. The summed E-state index contributed by atoms with van der Waals surface area (Å²) in [5.41, 5.74) is 0. The first-order valence-corrected chi connectivity index (χ1v) is 7.96. The van der Waals surface area contributed by atoms with E-state index in [0.29, 0.717) is 6.10 Å². The molecule has 1 aliphatic rings. The zero-order chi connectivity index (χ0) is 13.9. The Balaban J connectivity index is 0.00000361. The first-order valence-electron chi connectivity index (χ1n) is 7.96. The van der Waals surface area contributed by atoms with Gasteiger partial charge in [0.25, 0.3) is 0 Å². The van der Waals surface area contributed by atoms with Crippen LogP contribution in [0.25, 0.3) is 0 Å². The number of nitrogens with zero attached hydrogens (tertiary/aromatic N) is 2. The predicted molar refractivity (Wildman–Crippen MR) is 97.1 cm³/mol. The fourth-order valence-electron chi connectivity index (χ4n) is 2.44. The Bertz CT molecular complexity index is 254. The summed E-state index contributed by atoms with van der Waals surface area (Å²) in [7, 11) is 0. The fourth-order valence-corrected chi connectivity index (χ4v) is 2.44. The molecule has 0 aliphatic carbocycles. The van der Waals surface area contributed by atoms with Gasteiger partial charge in [0, 0.05) is 32.8 Å². The quantitative estimate of drug-likeness (QED) is 0.310. The van der Waals surface area contributed by atoms with Crippen molar-refractivity contribution >= 4 is 29.9 Å². The molecule has 0 aromatic heterocycles. The zero-order valence-electron chi connectivity index (χ0n) is 13.4. The summed E-state index contributed by atoms with van der Waals surface area (Å²) in [4.78, 5) is 7.12. The Morgan fingerprint density at radius 2 is 1.90 bits per heavy atom. The molecule has 120 valence electrons. The van der Waals surface area contributed by atoms with Crippen LogP contribution in [0.15, 0.2) is 4.99 Å². The third-order valence-corrected chi connectivity index (χ3v) is 3.50. The molecule has 1 rings (SSSR count). The molecule has 0 aromatic carbocycles. The smallest absolute Gasteiger partial charge is 0.193 e. The highest BCUT2D eigenvalue weighted by Gasteiger charge is 2.21. The molecule has 0 amide bonds. The Morgan fingerprint density at radius 1 is 1.20 bits per heavy atom. The van der Waals surface area contributed by atoms with E-state index in [-0.39, 0.29) is 24.0 Å². The minimum Gasteiger partial charge on any atom is -0.378 e. The third-order valence-electron chi connectivity index (χ3n) is 3.50. The lowest BCUT2D eigenvalue weighted by Crippen LogP contribution is -2.47. The van der Waals surface area contributed by atoms with Crippen molar-refractivity contribution < 1.29 is 4.74 Å². The van der Waals surface area contributed by atoms with Gasteiger partial charge in [-0.15, -0.1) is 24.0 Å². The number of nitrogens with one attached hydrogen (secondary N) is 1. The number of aliphatic imine (C=N–C) groups is 1. The molecule has 20 heavy (non-hydrogen) atoms. The fraction of sp³-hybridized carbons (Fsp3) is 0.933. The van der Waals surface area contributed by atoms with Gasteiger partial charge in [-0.05, 0) is 33.1 Å². The number of piperidine rings is 1. The van der Waals surface area contributed by atoms with E-state index in [9.17, 15) is 0 Å². The van der Waals surface area contributed by atoms with Gasteiger partial charge in [-0.2, -0.15) is 0 Å². The first-order chi connectivity index (χ1) is 9.31. The summed E-state index contributed by atoms with van der Waals surface area (Å²) in [5.74, 6) is 1.09. The minimum absolute atomic E-state index is 0. The van der Waals surface area contributed by atoms with Crippen molar-refractivity contribution in [3.63, 3.8) is 0 Å². The van der Waals surface area contributed by atoms with Gasteiger partial charge in [0.15, 0.2) is 5.96 Å². The molecule has 1 saturated heterocycles. The molecule has 1 aliphatic heterocycles. The molecule has 1 N–H and O–H groups in total. The van der Waals surface area contributed by atoms with E-state index in [1.165, 1.54) is 19.3 Å². The Labute approximate surface area is 141 Å². The standard InChI is InChI=1S/C15H31N3O.HI/c1-4-7-8-11-17-15(16-5-2)18-12-9-14(10-13-18)19-6-3;/h14H,4-13H2,1-3H3,(H,16,17);1H. The second-order valence-electron chi connectivity index (χ2n) is 5.08. The molecule has 1 heterocycles. The highest BCUT2D eigenvalue weighted by Crippen LogP contribution is 2.13. The van der Waals surface area contributed by atoms with Crippen LogP contribution in [0.1, 0.15) is 52.9 Å². The zero-order valence-corrected chi connectivity index (χ0v) is 15.7. The summed E-state index contributed by atoms with van der Waals surface area (Å²) < 4.78 is 5.70. The second kappa shape index (κ2) is 12.7. The molecule has 5 heteroatoms. The SMILES string of the molecule is CCCCCN=C(NCC)N1CCC(OCC)CC1.I. The van der Waals surface area contributed by atoms with Gasteiger partial charge in [0.1, 0.15) is 0 Å². The van der Waals surface area contributed by atoms with Crippen LogP contribution >= 0.6 is 24.0 Å². The van der Waals surface area contributed by atoms with Crippen LogP contribution in [0.3, 0.4) is 0 Å². The van der Waals surface area contributed by atoms with Gasteiger partial charge in [-0.3, -0.25) is 4.99 Å². The van der Waals surface area contributed by atoms with E-state index in [4.69, 9.17) is 9.73 Å². The number of ether oxygens (including phenoxy) is 1. The summed E-state index contributed by atoms with van der Waals surface area (Å²) in [6.07, 6.45) is 6.41. The maximum absolute atomic E-state index is 5.70. The van der Waals surface area contributed by atoms with E-state index in [2.05, 4.69) is 31.0 Å². The van der Waals surface area contributed by atoms with Gasteiger partial charge in [0.2, 0.25) is 0 Å². The van der Waals surface area contributed by atoms with Gasteiger partial charge in [-0.25, -0.2) is 0 Å². The summed E-state index contributed by atoms with van der Waals surface area (Å²) >= 11 is 0. The molecule has 0 spiro atoms. The average molecular weight is 397 g/mol. The second-order valence-corrected chi connectivity index (χ2v) is 5.08. The van der Waals surface area contributed by atoms with Crippen LogP contribution in [-0.2, 0) is 4.74 Å². The van der Waals surface area contributed by atoms with Crippen LogP contribution in [-0.4, -0.2) is 49.7 Å². The number of likely N-dealkylation sites (tertiary alicyclic amines) is 1. The van der Waals surface area contributed by atoms with Crippen LogP contribution in [0.2, 0.25) is 0 Å². The minimum atomic E-state index is 0. The maximum Gasteiger partial charge on any atom is 0.193 e. The van der Waals surface area contributed by atoms with Crippen molar-refractivity contribution in [2.24, 2.45) is 4.99 Å². The summed E-state index contributed by atoms with van der Waals surface area (Å²) in [6, 6.07) is 0. The Hall–Kier alpha value is -0.0400. The van der Waals surface area contributed by atoms with E-state index >= 15 is 0 Å². The van der Waals surface area contributed by atoms with Crippen molar-refractivity contribution in [3.05, 3.63) is 0 Å². The number of unbranched alkanes of at least 4 members (excludes halogenated alkanes) is 2. The summed E-state index contributed by atoms with van der Waals surface area (Å²) in [6.45, 7) is 11.3.